The molecule has 0 aliphatic carbocycles. The molecule has 0 saturated carbocycles. The third kappa shape index (κ3) is 3.66. The van der Waals surface area contributed by atoms with Gasteiger partial charge in [0.25, 0.3) is 5.91 Å². The fraction of sp³-hybridized carbons (Fsp3) is 0.300. The summed E-state index contributed by atoms with van der Waals surface area (Å²) >= 11 is 11.4. The van der Waals surface area contributed by atoms with Crippen molar-refractivity contribution in [2.24, 2.45) is 0 Å². The van der Waals surface area contributed by atoms with Gasteiger partial charge in [-0.05, 0) is 6.07 Å². The van der Waals surface area contributed by atoms with Crippen LogP contribution in [0.4, 0.5) is 0 Å². The Morgan fingerprint density at radius 3 is 2.82 bits per heavy atom. The van der Waals surface area contributed by atoms with Gasteiger partial charge in [-0.2, -0.15) is 0 Å². The highest BCUT2D eigenvalue weighted by Crippen LogP contribution is 2.17. The van der Waals surface area contributed by atoms with Crippen molar-refractivity contribution in [3.8, 4) is 0 Å². The van der Waals surface area contributed by atoms with Crippen LogP contribution in [0.5, 0.6) is 0 Å². The Morgan fingerprint density at radius 2 is 2.24 bits per heavy atom. The number of aromatic nitrogens is 2. The molecule has 1 rings (SSSR count). The van der Waals surface area contributed by atoms with Crippen molar-refractivity contribution in [1.29, 1.82) is 0 Å². The van der Waals surface area contributed by atoms with Gasteiger partial charge >= 0.3 is 0 Å². The summed E-state index contributed by atoms with van der Waals surface area (Å²) in [4.78, 5) is 13.4. The molecule has 5 nitrogen and oxygen atoms in total. The number of carbonyl (C=O) groups excluding carboxylic acids is 1. The van der Waals surface area contributed by atoms with Crippen LogP contribution in [0.2, 0.25) is 10.3 Å². The zero-order chi connectivity index (χ0) is 12.8. The lowest BCUT2D eigenvalue weighted by atomic mass is 10.2. The average Bonchev–Trinajstić information content (AvgIpc) is 2.31. The van der Waals surface area contributed by atoms with E-state index in [0.29, 0.717) is 6.54 Å². The summed E-state index contributed by atoms with van der Waals surface area (Å²) in [7, 11) is 0. The van der Waals surface area contributed by atoms with E-state index < -0.39 is 0 Å². The third-order valence-electron chi connectivity index (χ3n) is 1.96. The molecule has 92 valence electrons. The van der Waals surface area contributed by atoms with Gasteiger partial charge in [-0.1, -0.05) is 29.3 Å². The van der Waals surface area contributed by atoms with Crippen LogP contribution in [0.15, 0.2) is 18.7 Å². The molecule has 0 fully saturated rings. The van der Waals surface area contributed by atoms with Crippen LogP contribution in [0, 0.1) is 0 Å². The molecule has 0 bridgehead atoms. The van der Waals surface area contributed by atoms with Gasteiger partial charge in [0.05, 0.1) is 12.2 Å². The molecule has 7 heteroatoms. The van der Waals surface area contributed by atoms with E-state index in [0.717, 1.165) is 0 Å². The maximum atomic E-state index is 12.1. The second-order valence-corrected chi connectivity index (χ2v) is 3.88. The molecule has 0 aliphatic heterocycles. The van der Waals surface area contributed by atoms with E-state index in [2.05, 4.69) is 16.8 Å². The van der Waals surface area contributed by atoms with Crippen molar-refractivity contribution in [3.05, 3.63) is 34.6 Å². The Kier molecular flexibility index (Phi) is 5.34. The van der Waals surface area contributed by atoms with Crippen molar-refractivity contribution in [2.75, 3.05) is 19.7 Å². The van der Waals surface area contributed by atoms with E-state index in [1.165, 1.54) is 11.0 Å². The van der Waals surface area contributed by atoms with E-state index >= 15 is 0 Å². The summed E-state index contributed by atoms with van der Waals surface area (Å²) in [6, 6.07) is 1.34. The number of carbonyl (C=O) groups is 1. The van der Waals surface area contributed by atoms with Gasteiger partial charge in [0, 0.05) is 13.1 Å². The molecule has 0 saturated heterocycles. The summed E-state index contributed by atoms with van der Waals surface area (Å²) in [6.45, 7) is 3.87. The van der Waals surface area contributed by atoms with E-state index in [1.54, 1.807) is 6.08 Å². The third-order valence-corrected chi connectivity index (χ3v) is 2.42. The Bertz CT molecular complexity index is 426. The zero-order valence-electron chi connectivity index (χ0n) is 8.94. The summed E-state index contributed by atoms with van der Waals surface area (Å²) in [5, 5.41) is 16.0. The highest BCUT2D eigenvalue weighted by atomic mass is 35.5. The minimum absolute atomic E-state index is 0.0218. The van der Waals surface area contributed by atoms with Crippen LogP contribution >= 0.6 is 23.2 Å². The number of halogens is 2. The fourth-order valence-electron chi connectivity index (χ4n) is 1.23. The van der Waals surface area contributed by atoms with Crippen molar-refractivity contribution < 1.29 is 9.90 Å². The maximum absolute atomic E-state index is 12.1. The minimum atomic E-state index is -0.374. The van der Waals surface area contributed by atoms with E-state index in [-0.39, 0.29) is 34.9 Å². The number of hydrogen-bond acceptors (Lipinski definition) is 4. The molecule has 17 heavy (non-hydrogen) atoms. The molecule has 0 radical (unpaired) electrons. The average molecular weight is 276 g/mol. The standard InChI is InChI=1S/C10H11Cl2N3O2/c1-2-3-15(4-5-16)10(17)7-6-8(11)13-14-9(7)12/h2,6,16H,1,3-5H2. The Balaban J connectivity index is 2.99. The second kappa shape index (κ2) is 6.54. The predicted molar refractivity (Wildman–Crippen MR) is 65.2 cm³/mol. The molecule has 1 amide bonds. The maximum Gasteiger partial charge on any atom is 0.257 e. The lowest BCUT2D eigenvalue weighted by molar-refractivity contribution is 0.0742. The van der Waals surface area contributed by atoms with Gasteiger partial charge in [0.1, 0.15) is 0 Å². The second-order valence-electron chi connectivity index (χ2n) is 3.13. The Hall–Kier alpha value is -1.17. The van der Waals surface area contributed by atoms with Gasteiger partial charge in [-0.3, -0.25) is 4.79 Å². The van der Waals surface area contributed by atoms with Crippen molar-refractivity contribution in [2.45, 2.75) is 0 Å². The molecule has 0 spiro atoms. The van der Waals surface area contributed by atoms with Crippen LogP contribution in [-0.4, -0.2) is 45.8 Å². The van der Waals surface area contributed by atoms with Gasteiger partial charge in [0.15, 0.2) is 10.3 Å². The van der Waals surface area contributed by atoms with Crippen LogP contribution in [0.3, 0.4) is 0 Å². The topological polar surface area (TPSA) is 66.3 Å². The molecule has 0 atom stereocenters. The highest BCUT2D eigenvalue weighted by Gasteiger charge is 2.18. The first-order chi connectivity index (χ1) is 8.10. The minimum Gasteiger partial charge on any atom is -0.395 e. The van der Waals surface area contributed by atoms with Gasteiger partial charge in [-0.25, -0.2) is 0 Å². The number of aliphatic hydroxyl groups excluding tert-OH is 1. The quantitative estimate of drug-likeness (QED) is 0.825. The predicted octanol–water partition coefficient (Wildman–Crippen LogP) is 1.40. The SMILES string of the molecule is C=CCN(CCO)C(=O)c1cc(Cl)nnc1Cl. The van der Waals surface area contributed by atoms with E-state index in [1.807, 2.05) is 0 Å². The summed E-state index contributed by atoms with van der Waals surface area (Å²) in [5.41, 5.74) is 0.155. The molecular weight excluding hydrogens is 265 g/mol. The van der Waals surface area contributed by atoms with Crippen molar-refractivity contribution >= 4 is 29.1 Å². The highest BCUT2D eigenvalue weighted by molar-refractivity contribution is 6.34. The monoisotopic (exact) mass is 275 g/mol. The first-order valence-electron chi connectivity index (χ1n) is 4.80. The summed E-state index contributed by atoms with van der Waals surface area (Å²) < 4.78 is 0. The number of hydrogen-bond donors (Lipinski definition) is 1. The Labute approximate surface area is 109 Å². The zero-order valence-corrected chi connectivity index (χ0v) is 10.4. The molecule has 1 N–H and O–H groups in total. The van der Waals surface area contributed by atoms with Gasteiger partial charge in [0.2, 0.25) is 0 Å². The molecule has 0 unspecified atom stereocenters. The largest absolute Gasteiger partial charge is 0.395 e. The first-order valence-corrected chi connectivity index (χ1v) is 5.55. The van der Waals surface area contributed by atoms with Crippen LogP contribution < -0.4 is 0 Å². The van der Waals surface area contributed by atoms with Crippen LogP contribution in [-0.2, 0) is 0 Å². The molecular formula is C10H11Cl2N3O2. The molecule has 0 aromatic carbocycles. The lowest BCUT2D eigenvalue weighted by Gasteiger charge is -2.20. The van der Waals surface area contributed by atoms with E-state index in [9.17, 15) is 4.79 Å². The number of nitrogens with zero attached hydrogens (tertiary/aromatic N) is 3. The smallest absolute Gasteiger partial charge is 0.257 e. The molecule has 1 aromatic heterocycles. The van der Waals surface area contributed by atoms with Crippen molar-refractivity contribution in [3.63, 3.8) is 0 Å². The summed E-state index contributed by atoms with van der Waals surface area (Å²) in [5.74, 6) is -0.374. The lowest BCUT2D eigenvalue weighted by Crippen LogP contribution is -2.34. The normalized spacial score (nSPS) is 10.1. The van der Waals surface area contributed by atoms with Crippen LogP contribution in [0.25, 0.3) is 0 Å². The first kappa shape index (κ1) is 13.9. The van der Waals surface area contributed by atoms with Gasteiger partial charge in [-0.15, -0.1) is 16.8 Å². The van der Waals surface area contributed by atoms with E-state index in [4.69, 9.17) is 28.3 Å². The van der Waals surface area contributed by atoms with Crippen molar-refractivity contribution in [1.82, 2.24) is 15.1 Å². The fourth-order valence-corrected chi connectivity index (χ4v) is 1.55. The molecule has 1 heterocycles. The van der Waals surface area contributed by atoms with Crippen LogP contribution in [0.1, 0.15) is 10.4 Å². The molecule has 1 aromatic rings. The van der Waals surface area contributed by atoms with Gasteiger partial charge < -0.3 is 10.0 Å². The number of amides is 1. The number of rotatable bonds is 5. The summed E-state index contributed by atoms with van der Waals surface area (Å²) in [6.07, 6.45) is 1.55. The number of aliphatic hydroxyl groups is 1. The molecule has 0 aliphatic rings. The Morgan fingerprint density at radius 1 is 1.53 bits per heavy atom.